The maximum Gasteiger partial charge on any atom is 0.191 e. The first-order chi connectivity index (χ1) is 13.8. The number of unbranched alkanes of at least 4 members (excludes halogenated alkanes) is 2. The number of benzene rings is 1. The molecule has 1 heterocycles. The van der Waals surface area contributed by atoms with Crippen molar-refractivity contribution in [2.24, 2.45) is 4.99 Å². The molecule has 1 aromatic heterocycles. The molecule has 0 aliphatic rings. The van der Waals surface area contributed by atoms with Crippen molar-refractivity contribution in [1.82, 2.24) is 25.4 Å². The average Bonchev–Trinajstić information content (AvgIpc) is 3.18. The molecule has 7 nitrogen and oxygen atoms in total. The SMILES string of the molecule is CCCCCN=C(NCCc1ccc(OC)cc1)NCCn1cnnc1CC. The fourth-order valence-corrected chi connectivity index (χ4v) is 2.88. The molecule has 2 N–H and O–H groups in total. The molecule has 0 saturated heterocycles. The number of guanidine groups is 1. The second-order valence-electron chi connectivity index (χ2n) is 6.68. The summed E-state index contributed by atoms with van der Waals surface area (Å²) in [6.45, 7) is 7.59. The molecule has 154 valence electrons. The average molecular weight is 387 g/mol. The van der Waals surface area contributed by atoms with E-state index in [0.717, 1.165) is 63.0 Å². The quantitative estimate of drug-likeness (QED) is 0.333. The van der Waals surface area contributed by atoms with Crippen LogP contribution in [0.25, 0.3) is 0 Å². The van der Waals surface area contributed by atoms with Crippen LogP contribution in [0.5, 0.6) is 5.75 Å². The van der Waals surface area contributed by atoms with Gasteiger partial charge >= 0.3 is 0 Å². The third-order valence-electron chi connectivity index (χ3n) is 4.55. The topological polar surface area (TPSA) is 76.4 Å². The van der Waals surface area contributed by atoms with Crippen molar-refractivity contribution in [2.45, 2.75) is 52.5 Å². The molecule has 2 aromatic rings. The highest BCUT2D eigenvalue weighted by atomic mass is 16.5. The Morgan fingerprint density at radius 2 is 1.89 bits per heavy atom. The summed E-state index contributed by atoms with van der Waals surface area (Å²) < 4.78 is 7.29. The molecule has 7 heteroatoms. The van der Waals surface area contributed by atoms with Crippen molar-refractivity contribution in [3.05, 3.63) is 42.0 Å². The van der Waals surface area contributed by atoms with E-state index in [1.165, 1.54) is 18.4 Å². The van der Waals surface area contributed by atoms with Crippen LogP contribution in [0, 0.1) is 0 Å². The van der Waals surface area contributed by atoms with Crippen molar-refractivity contribution in [1.29, 1.82) is 0 Å². The number of nitrogens with zero attached hydrogens (tertiary/aromatic N) is 4. The number of aliphatic imine (C=N–C) groups is 1. The predicted molar refractivity (Wildman–Crippen MR) is 114 cm³/mol. The summed E-state index contributed by atoms with van der Waals surface area (Å²) >= 11 is 0. The molecule has 0 bridgehead atoms. The Morgan fingerprint density at radius 3 is 2.61 bits per heavy atom. The predicted octanol–water partition coefficient (Wildman–Crippen LogP) is 2.82. The van der Waals surface area contributed by atoms with Gasteiger partial charge in [-0.2, -0.15) is 0 Å². The van der Waals surface area contributed by atoms with Gasteiger partial charge in [0, 0.05) is 32.6 Å². The minimum atomic E-state index is 0.785. The van der Waals surface area contributed by atoms with Crippen molar-refractivity contribution in [3.63, 3.8) is 0 Å². The Labute approximate surface area is 168 Å². The molecular weight excluding hydrogens is 352 g/mol. The minimum absolute atomic E-state index is 0.785. The summed E-state index contributed by atoms with van der Waals surface area (Å²) in [5, 5.41) is 15.0. The van der Waals surface area contributed by atoms with E-state index < -0.39 is 0 Å². The summed E-state index contributed by atoms with van der Waals surface area (Å²) in [4.78, 5) is 4.72. The summed E-state index contributed by atoms with van der Waals surface area (Å²) in [5.74, 6) is 2.77. The number of hydrogen-bond acceptors (Lipinski definition) is 4. The van der Waals surface area contributed by atoms with Gasteiger partial charge in [0.25, 0.3) is 0 Å². The zero-order chi connectivity index (χ0) is 20.0. The van der Waals surface area contributed by atoms with Crippen LogP contribution < -0.4 is 15.4 Å². The van der Waals surface area contributed by atoms with Gasteiger partial charge in [0.05, 0.1) is 7.11 Å². The minimum Gasteiger partial charge on any atom is -0.497 e. The number of aromatic nitrogens is 3. The summed E-state index contributed by atoms with van der Waals surface area (Å²) in [7, 11) is 1.69. The molecule has 1 aromatic carbocycles. The van der Waals surface area contributed by atoms with Crippen LogP contribution in [0.3, 0.4) is 0 Å². The highest BCUT2D eigenvalue weighted by Crippen LogP contribution is 2.11. The van der Waals surface area contributed by atoms with Gasteiger partial charge in [0.15, 0.2) is 5.96 Å². The molecule has 0 fully saturated rings. The van der Waals surface area contributed by atoms with Crippen LogP contribution >= 0.6 is 0 Å². The third-order valence-corrected chi connectivity index (χ3v) is 4.55. The highest BCUT2D eigenvalue weighted by molar-refractivity contribution is 5.79. The molecule has 2 rings (SSSR count). The van der Waals surface area contributed by atoms with Gasteiger partial charge in [0.2, 0.25) is 0 Å². The van der Waals surface area contributed by atoms with Crippen LogP contribution in [-0.2, 0) is 19.4 Å². The standard InChI is InChI=1S/C21H34N6O/c1-4-6-7-13-22-21(24-15-16-27-17-25-26-20(27)5-2)23-14-12-18-8-10-19(28-3)11-9-18/h8-11,17H,4-7,12-16H2,1-3H3,(H2,22,23,24). The van der Waals surface area contributed by atoms with Crippen LogP contribution in [0.1, 0.15) is 44.5 Å². The zero-order valence-corrected chi connectivity index (χ0v) is 17.4. The molecule has 28 heavy (non-hydrogen) atoms. The Hall–Kier alpha value is -2.57. The van der Waals surface area contributed by atoms with E-state index in [-0.39, 0.29) is 0 Å². The molecular formula is C21H34N6O. The smallest absolute Gasteiger partial charge is 0.191 e. The van der Waals surface area contributed by atoms with Gasteiger partial charge in [-0.25, -0.2) is 0 Å². The number of nitrogens with one attached hydrogen (secondary N) is 2. The van der Waals surface area contributed by atoms with Crippen LogP contribution in [0.15, 0.2) is 35.6 Å². The molecule has 0 amide bonds. The molecule has 0 aliphatic heterocycles. The normalized spacial score (nSPS) is 11.5. The second-order valence-corrected chi connectivity index (χ2v) is 6.68. The first kappa shape index (κ1) is 21.7. The van der Waals surface area contributed by atoms with Crippen LogP contribution in [0.4, 0.5) is 0 Å². The fourth-order valence-electron chi connectivity index (χ4n) is 2.88. The number of aryl methyl sites for hydroxylation is 1. The molecule has 0 unspecified atom stereocenters. The van der Waals surface area contributed by atoms with Gasteiger partial charge in [-0.3, -0.25) is 4.99 Å². The molecule has 0 atom stereocenters. The van der Waals surface area contributed by atoms with Gasteiger partial charge in [-0.05, 0) is 30.5 Å². The molecule has 0 spiro atoms. The van der Waals surface area contributed by atoms with E-state index in [0.29, 0.717) is 0 Å². The van der Waals surface area contributed by atoms with E-state index in [1.807, 2.05) is 12.1 Å². The Morgan fingerprint density at radius 1 is 1.11 bits per heavy atom. The first-order valence-corrected chi connectivity index (χ1v) is 10.3. The Balaban J connectivity index is 1.81. The maximum absolute atomic E-state index is 5.21. The lowest BCUT2D eigenvalue weighted by atomic mass is 10.1. The van der Waals surface area contributed by atoms with Crippen LogP contribution in [-0.4, -0.2) is 47.5 Å². The van der Waals surface area contributed by atoms with Crippen molar-refractivity contribution in [2.75, 3.05) is 26.7 Å². The first-order valence-electron chi connectivity index (χ1n) is 10.3. The van der Waals surface area contributed by atoms with Crippen molar-refractivity contribution < 1.29 is 4.74 Å². The largest absolute Gasteiger partial charge is 0.497 e. The van der Waals surface area contributed by atoms with Gasteiger partial charge in [0.1, 0.15) is 17.9 Å². The molecule has 0 aliphatic carbocycles. The number of hydrogen-bond donors (Lipinski definition) is 2. The lowest BCUT2D eigenvalue weighted by Gasteiger charge is -2.14. The van der Waals surface area contributed by atoms with E-state index >= 15 is 0 Å². The molecule has 0 saturated carbocycles. The summed E-state index contributed by atoms with van der Waals surface area (Å²) in [5.41, 5.74) is 1.27. The highest BCUT2D eigenvalue weighted by Gasteiger charge is 2.03. The van der Waals surface area contributed by atoms with Crippen LogP contribution in [0.2, 0.25) is 0 Å². The van der Waals surface area contributed by atoms with Gasteiger partial charge < -0.3 is 19.9 Å². The third kappa shape index (κ3) is 7.58. The fraction of sp³-hybridized carbons (Fsp3) is 0.571. The Bertz CT molecular complexity index is 695. The monoisotopic (exact) mass is 386 g/mol. The number of ether oxygens (including phenoxy) is 1. The lowest BCUT2D eigenvalue weighted by molar-refractivity contribution is 0.414. The zero-order valence-electron chi connectivity index (χ0n) is 17.4. The van der Waals surface area contributed by atoms with E-state index in [9.17, 15) is 0 Å². The number of rotatable bonds is 12. The Kier molecular flexibility index (Phi) is 9.89. The molecule has 0 radical (unpaired) electrons. The maximum atomic E-state index is 5.21. The second kappa shape index (κ2) is 12.8. The summed E-state index contributed by atoms with van der Waals surface area (Å²) in [6.07, 6.45) is 7.14. The van der Waals surface area contributed by atoms with E-state index in [1.54, 1.807) is 13.4 Å². The van der Waals surface area contributed by atoms with Crippen molar-refractivity contribution in [3.8, 4) is 5.75 Å². The summed E-state index contributed by atoms with van der Waals surface area (Å²) in [6, 6.07) is 8.20. The van der Waals surface area contributed by atoms with Gasteiger partial charge in [-0.15, -0.1) is 10.2 Å². The van der Waals surface area contributed by atoms with E-state index in [2.05, 4.69) is 51.4 Å². The van der Waals surface area contributed by atoms with Gasteiger partial charge in [-0.1, -0.05) is 38.8 Å². The van der Waals surface area contributed by atoms with Crippen molar-refractivity contribution >= 4 is 5.96 Å². The number of methoxy groups -OCH3 is 1. The lowest BCUT2D eigenvalue weighted by Crippen LogP contribution is -2.40. The van der Waals surface area contributed by atoms with E-state index in [4.69, 9.17) is 9.73 Å².